The molecule has 320 valence electrons. The SMILES string of the molecule is CC(C)(C)c1ccc2c(c1)C1(c3ccccc3Sc3ccc(N(c4ccccc4)c4ccc5c(c4)C(c4ccccc4)(c4ccccc4)c4ccccc4-5)cc31)c1cc(C(C)(C)C)ccc1-2. The molecule has 0 unspecified atom stereocenters. The Morgan fingerprint density at radius 2 is 0.742 bits per heavy atom. The highest BCUT2D eigenvalue weighted by molar-refractivity contribution is 7.99. The van der Waals surface area contributed by atoms with Gasteiger partial charge in [-0.1, -0.05) is 217 Å². The van der Waals surface area contributed by atoms with Crippen LogP contribution in [0.1, 0.15) is 97.2 Å². The van der Waals surface area contributed by atoms with E-state index in [1.54, 1.807) is 0 Å². The molecule has 0 N–H and O–H groups in total. The van der Waals surface area contributed by atoms with Gasteiger partial charge in [0.05, 0.1) is 10.8 Å². The van der Waals surface area contributed by atoms with E-state index in [-0.39, 0.29) is 10.8 Å². The Balaban J connectivity index is 1.14. The van der Waals surface area contributed by atoms with Crippen molar-refractivity contribution >= 4 is 28.8 Å². The highest BCUT2D eigenvalue weighted by Gasteiger charge is 2.52. The summed E-state index contributed by atoms with van der Waals surface area (Å²) in [5.41, 5.74) is 20.7. The standard InChI is InChI=1S/C64H53NS/c1-61(2,3)44-30-34-50-51-35-31-45(62(4,5)6)39-56(51)64(55(50)38-44)54-28-18-19-29-59(54)66-60-37-33-48(41-58(60)64)65(46-24-14-9-15-25-46)47-32-36-52-49-26-16-17-27-53(49)63(57(52)40-47,42-20-10-7-11-21-42)43-22-12-8-13-23-43/h7-41H,1-6H3. The highest BCUT2D eigenvalue weighted by atomic mass is 32.2. The van der Waals surface area contributed by atoms with Gasteiger partial charge in [0.15, 0.2) is 0 Å². The number of para-hydroxylation sites is 1. The first kappa shape index (κ1) is 40.6. The van der Waals surface area contributed by atoms with Crippen molar-refractivity contribution in [1.82, 2.24) is 0 Å². The number of anilines is 3. The van der Waals surface area contributed by atoms with Crippen LogP contribution in [0.15, 0.2) is 222 Å². The fraction of sp³-hybridized carbons (Fsp3) is 0.156. The van der Waals surface area contributed by atoms with Crippen LogP contribution in [-0.2, 0) is 21.7 Å². The van der Waals surface area contributed by atoms with Crippen molar-refractivity contribution in [3.05, 3.63) is 268 Å². The minimum absolute atomic E-state index is 0.0266. The largest absolute Gasteiger partial charge is 0.310 e. The van der Waals surface area contributed by atoms with E-state index in [0.717, 1.165) is 17.1 Å². The van der Waals surface area contributed by atoms with E-state index < -0.39 is 10.8 Å². The van der Waals surface area contributed by atoms with Crippen molar-refractivity contribution in [2.75, 3.05) is 4.90 Å². The number of hydrogen-bond acceptors (Lipinski definition) is 2. The number of hydrogen-bond donors (Lipinski definition) is 0. The molecule has 12 rings (SSSR count). The summed E-state index contributed by atoms with van der Waals surface area (Å²) in [5, 5.41) is 0. The van der Waals surface area contributed by atoms with Crippen LogP contribution in [0.3, 0.4) is 0 Å². The van der Waals surface area contributed by atoms with Gasteiger partial charge in [-0.05, 0) is 137 Å². The molecule has 0 aromatic heterocycles. The monoisotopic (exact) mass is 867 g/mol. The van der Waals surface area contributed by atoms with Crippen molar-refractivity contribution in [3.8, 4) is 22.3 Å². The van der Waals surface area contributed by atoms with Gasteiger partial charge in [0.1, 0.15) is 0 Å². The van der Waals surface area contributed by atoms with Crippen LogP contribution in [0.25, 0.3) is 22.3 Å². The first-order valence-electron chi connectivity index (χ1n) is 23.4. The lowest BCUT2D eigenvalue weighted by Crippen LogP contribution is -2.33. The summed E-state index contributed by atoms with van der Waals surface area (Å²) in [7, 11) is 0. The fourth-order valence-electron chi connectivity index (χ4n) is 11.6. The van der Waals surface area contributed by atoms with E-state index in [1.165, 1.54) is 87.7 Å². The topological polar surface area (TPSA) is 3.24 Å². The van der Waals surface area contributed by atoms with Crippen molar-refractivity contribution in [3.63, 3.8) is 0 Å². The van der Waals surface area contributed by atoms with E-state index in [9.17, 15) is 0 Å². The second-order valence-corrected chi connectivity index (χ2v) is 21.6. The highest BCUT2D eigenvalue weighted by Crippen LogP contribution is 2.64. The minimum atomic E-state index is -0.544. The Morgan fingerprint density at radius 1 is 0.318 bits per heavy atom. The normalized spacial score (nSPS) is 14.7. The molecule has 3 aliphatic rings. The Bertz CT molecular complexity index is 3250. The summed E-state index contributed by atoms with van der Waals surface area (Å²) in [6.07, 6.45) is 0. The van der Waals surface area contributed by atoms with Gasteiger partial charge in [-0.15, -0.1) is 0 Å². The molecule has 1 heterocycles. The molecule has 1 nitrogen and oxygen atoms in total. The smallest absolute Gasteiger partial charge is 0.0736 e. The molecule has 0 atom stereocenters. The van der Waals surface area contributed by atoms with Crippen molar-refractivity contribution < 1.29 is 0 Å². The maximum Gasteiger partial charge on any atom is 0.0736 e. The van der Waals surface area contributed by atoms with Gasteiger partial charge < -0.3 is 4.90 Å². The van der Waals surface area contributed by atoms with Crippen molar-refractivity contribution in [2.24, 2.45) is 0 Å². The summed E-state index contributed by atoms with van der Waals surface area (Å²) < 4.78 is 0. The van der Waals surface area contributed by atoms with E-state index in [4.69, 9.17) is 0 Å². The Morgan fingerprint density at radius 3 is 1.32 bits per heavy atom. The zero-order valence-electron chi connectivity index (χ0n) is 38.6. The van der Waals surface area contributed by atoms with Crippen LogP contribution in [-0.4, -0.2) is 0 Å². The molecule has 0 radical (unpaired) electrons. The molecule has 1 spiro atoms. The van der Waals surface area contributed by atoms with Crippen molar-refractivity contribution in [1.29, 1.82) is 0 Å². The second kappa shape index (κ2) is 14.8. The van der Waals surface area contributed by atoms with Gasteiger partial charge in [0.2, 0.25) is 0 Å². The van der Waals surface area contributed by atoms with Gasteiger partial charge in [-0.25, -0.2) is 0 Å². The molecule has 1 aliphatic heterocycles. The van der Waals surface area contributed by atoms with Gasteiger partial charge in [0.25, 0.3) is 0 Å². The molecule has 66 heavy (non-hydrogen) atoms. The third-order valence-corrected chi connectivity index (χ3v) is 15.9. The molecule has 2 aliphatic carbocycles. The molecule has 0 saturated heterocycles. The Kier molecular flexibility index (Phi) is 9.12. The maximum absolute atomic E-state index is 2.55. The predicted molar refractivity (Wildman–Crippen MR) is 277 cm³/mol. The average molecular weight is 868 g/mol. The first-order valence-corrected chi connectivity index (χ1v) is 24.2. The van der Waals surface area contributed by atoms with Crippen LogP contribution in [0.5, 0.6) is 0 Å². The predicted octanol–water partition coefficient (Wildman–Crippen LogP) is 16.9. The maximum atomic E-state index is 2.55. The molecule has 9 aromatic rings. The molecule has 9 aromatic carbocycles. The first-order chi connectivity index (χ1) is 32.0. The van der Waals surface area contributed by atoms with Crippen molar-refractivity contribution in [2.45, 2.75) is 73.0 Å². The Labute approximate surface area is 394 Å². The van der Waals surface area contributed by atoms with Crippen LogP contribution >= 0.6 is 11.8 Å². The molecule has 0 bridgehead atoms. The quantitative estimate of drug-likeness (QED) is 0.170. The second-order valence-electron chi connectivity index (χ2n) is 20.5. The molecule has 0 amide bonds. The lowest BCUT2D eigenvalue weighted by atomic mass is 9.66. The molecular weight excluding hydrogens is 815 g/mol. The average Bonchev–Trinajstić information content (AvgIpc) is 3.80. The van der Waals surface area contributed by atoms with Gasteiger partial charge >= 0.3 is 0 Å². The zero-order valence-corrected chi connectivity index (χ0v) is 39.4. The fourth-order valence-corrected chi connectivity index (χ4v) is 12.8. The summed E-state index contributed by atoms with van der Waals surface area (Å²) in [5.74, 6) is 0. The lowest BCUT2D eigenvalue weighted by molar-refractivity contribution is 0.585. The zero-order chi connectivity index (χ0) is 45.0. The molecule has 0 saturated carbocycles. The lowest BCUT2D eigenvalue weighted by Gasteiger charge is -2.41. The van der Waals surface area contributed by atoms with Gasteiger partial charge in [-0.2, -0.15) is 0 Å². The van der Waals surface area contributed by atoms with Crippen LogP contribution < -0.4 is 4.90 Å². The van der Waals surface area contributed by atoms with Gasteiger partial charge in [0, 0.05) is 26.9 Å². The van der Waals surface area contributed by atoms with Gasteiger partial charge in [-0.3, -0.25) is 0 Å². The number of rotatable bonds is 5. The molecule has 2 heteroatoms. The summed E-state index contributed by atoms with van der Waals surface area (Å²) >= 11 is 1.91. The van der Waals surface area contributed by atoms with Crippen LogP contribution in [0.2, 0.25) is 0 Å². The van der Waals surface area contributed by atoms with E-state index in [2.05, 4.69) is 259 Å². The molecular formula is C64H53NS. The summed E-state index contributed by atoms with van der Waals surface area (Å²) in [4.78, 5) is 5.11. The number of nitrogens with zero attached hydrogens (tertiary/aromatic N) is 1. The molecule has 0 fully saturated rings. The number of benzene rings is 9. The third-order valence-electron chi connectivity index (χ3n) is 14.7. The minimum Gasteiger partial charge on any atom is -0.310 e. The summed E-state index contributed by atoms with van der Waals surface area (Å²) in [6, 6.07) is 80.7. The Hall–Kier alpha value is -6.87. The van der Waals surface area contributed by atoms with E-state index in [1.807, 2.05) is 11.8 Å². The van der Waals surface area contributed by atoms with E-state index in [0.29, 0.717) is 0 Å². The van der Waals surface area contributed by atoms with Crippen LogP contribution in [0.4, 0.5) is 17.1 Å². The number of fused-ring (bicyclic) bond motifs is 12. The third kappa shape index (κ3) is 5.87. The van der Waals surface area contributed by atoms with E-state index >= 15 is 0 Å². The van der Waals surface area contributed by atoms with Crippen LogP contribution in [0, 0.1) is 0 Å². The summed E-state index contributed by atoms with van der Waals surface area (Å²) in [6.45, 7) is 14.1.